The first-order valence-corrected chi connectivity index (χ1v) is 6.27. The quantitative estimate of drug-likeness (QED) is 0.609. The summed E-state index contributed by atoms with van der Waals surface area (Å²) in [6, 6.07) is 4.33. The molecule has 3 nitrogen and oxygen atoms in total. The fraction of sp³-hybridized carbons (Fsp3) is 0.444. The Hall–Kier alpha value is 0.280. The molecule has 1 atom stereocenters. The van der Waals surface area contributed by atoms with E-state index in [4.69, 9.17) is 4.74 Å². The van der Waals surface area contributed by atoms with Gasteiger partial charge in [0.05, 0.1) is 24.9 Å². The number of nitrogens with zero attached hydrogens (tertiary/aromatic N) is 1. The van der Waals surface area contributed by atoms with Crippen molar-refractivity contribution in [3.05, 3.63) is 26.0 Å². The predicted molar refractivity (Wildman–Crippen MR) is 66.2 cm³/mol. The minimum atomic E-state index is 0.233. The van der Waals surface area contributed by atoms with Crippen LogP contribution in [0.2, 0.25) is 0 Å². The summed E-state index contributed by atoms with van der Waals surface area (Å²) in [6.45, 7) is 2.40. The molecule has 14 heavy (non-hydrogen) atoms. The van der Waals surface area contributed by atoms with E-state index in [0.29, 0.717) is 6.61 Å². The van der Waals surface area contributed by atoms with Crippen molar-refractivity contribution in [2.45, 2.75) is 6.04 Å². The largest absolute Gasteiger partial charge is 0.378 e. The van der Waals surface area contributed by atoms with Crippen LogP contribution in [0.25, 0.3) is 0 Å². The van der Waals surface area contributed by atoms with E-state index in [-0.39, 0.29) is 6.04 Å². The number of nitrogens with one attached hydrogen (secondary N) is 1. The molecule has 1 N–H and O–H groups in total. The number of aromatic nitrogens is 1. The van der Waals surface area contributed by atoms with Crippen LogP contribution >= 0.6 is 38.5 Å². The second-order valence-electron chi connectivity index (χ2n) is 3.09. The lowest BCUT2D eigenvalue weighted by molar-refractivity contribution is 0.0755. The van der Waals surface area contributed by atoms with Crippen molar-refractivity contribution in [1.29, 1.82) is 0 Å². The maximum absolute atomic E-state index is 5.39. The first-order valence-electron chi connectivity index (χ1n) is 4.40. The molecule has 1 fully saturated rings. The minimum Gasteiger partial charge on any atom is -0.378 e. The van der Waals surface area contributed by atoms with Gasteiger partial charge in [-0.1, -0.05) is 0 Å². The standard InChI is InChI=1S/C9H10BrIN2O/c10-9-6(11)1-2-7(13-9)8-5-14-4-3-12-8/h1-2,8,12H,3-5H2/t8-/m1/s1. The number of ether oxygens (including phenoxy) is 1. The molecule has 0 amide bonds. The summed E-state index contributed by atoms with van der Waals surface area (Å²) in [5.74, 6) is 0. The minimum absolute atomic E-state index is 0.233. The summed E-state index contributed by atoms with van der Waals surface area (Å²) in [5.41, 5.74) is 1.04. The van der Waals surface area contributed by atoms with Crippen molar-refractivity contribution in [2.75, 3.05) is 19.8 Å². The van der Waals surface area contributed by atoms with Crippen molar-refractivity contribution in [2.24, 2.45) is 0 Å². The van der Waals surface area contributed by atoms with E-state index in [1.54, 1.807) is 0 Å². The maximum Gasteiger partial charge on any atom is 0.119 e. The van der Waals surface area contributed by atoms with Gasteiger partial charge in [0.1, 0.15) is 4.60 Å². The molecule has 0 aromatic carbocycles. The smallest absolute Gasteiger partial charge is 0.119 e. The molecule has 0 saturated carbocycles. The number of halogens is 2. The van der Waals surface area contributed by atoms with Crippen LogP contribution in [0, 0.1) is 3.57 Å². The molecule has 2 heterocycles. The van der Waals surface area contributed by atoms with E-state index in [2.05, 4.69) is 54.9 Å². The van der Waals surface area contributed by atoms with Gasteiger partial charge in [0.15, 0.2) is 0 Å². The molecule has 0 unspecified atom stereocenters. The average Bonchev–Trinajstić information content (AvgIpc) is 2.23. The highest BCUT2D eigenvalue weighted by molar-refractivity contribution is 14.1. The Bertz CT molecular complexity index is 329. The van der Waals surface area contributed by atoms with Gasteiger partial charge in [-0.2, -0.15) is 0 Å². The number of morpholine rings is 1. The van der Waals surface area contributed by atoms with E-state index < -0.39 is 0 Å². The third kappa shape index (κ3) is 2.44. The summed E-state index contributed by atoms with van der Waals surface area (Å²) in [5, 5.41) is 3.37. The summed E-state index contributed by atoms with van der Waals surface area (Å²) in [7, 11) is 0. The highest BCUT2D eigenvalue weighted by Crippen LogP contribution is 2.20. The van der Waals surface area contributed by atoms with Gasteiger partial charge in [-0.05, 0) is 50.7 Å². The summed E-state index contributed by atoms with van der Waals surface area (Å²) < 4.78 is 7.42. The van der Waals surface area contributed by atoms with E-state index in [0.717, 1.165) is 27.0 Å². The second kappa shape index (κ2) is 4.87. The number of pyridine rings is 1. The van der Waals surface area contributed by atoms with E-state index in [1.807, 2.05) is 6.07 Å². The Labute approximate surface area is 105 Å². The SMILES string of the molecule is Brc1nc([C@H]2COCCN2)ccc1I. The van der Waals surface area contributed by atoms with Crippen molar-refractivity contribution < 1.29 is 4.74 Å². The van der Waals surface area contributed by atoms with Gasteiger partial charge in [-0.15, -0.1) is 0 Å². The van der Waals surface area contributed by atoms with Crippen LogP contribution in [-0.2, 0) is 4.74 Å². The van der Waals surface area contributed by atoms with Crippen molar-refractivity contribution in [3.8, 4) is 0 Å². The molecule has 1 aliphatic rings. The van der Waals surface area contributed by atoms with Crippen LogP contribution in [0.3, 0.4) is 0 Å². The van der Waals surface area contributed by atoms with Crippen molar-refractivity contribution in [1.82, 2.24) is 10.3 Å². The van der Waals surface area contributed by atoms with Gasteiger partial charge >= 0.3 is 0 Å². The molecule has 5 heteroatoms. The van der Waals surface area contributed by atoms with Crippen LogP contribution in [-0.4, -0.2) is 24.7 Å². The number of hydrogen-bond acceptors (Lipinski definition) is 3. The van der Waals surface area contributed by atoms with Crippen LogP contribution in [0.4, 0.5) is 0 Å². The zero-order valence-electron chi connectivity index (χ0n) is 7.46. The Balaban J connectivity index is 2.18. The topological polar surface area (TPSA) is 34.1 Å². The summed E-state index contributed by atoms with van der Waals surface area (Å²) >= 11 is 5.68. The first-order chi connectivity index (χ1) is 6.77. The Morgan fingerprint density at radius 3 is 3.07 bits per heavy atom. The normalized spacial score (nSPS) is 22.3. The predicted octanol–water partition coefficient (Wildman–Crippen LogP) is 2.11. The summed E-state index contributed by atoms with van der Waals surface area (Å²) in [6.07, 6.45) is 0. The molecule has 0 spiro atoms. The van der Waals surface area contributed by atoms with Crippen LogP contribution < -0.4 is 5.32 Å². The average molecular weight is 369 g/mol. The highest BCUT2D eigenvalue weighted by Gasteiger charge is 2.16. The third-order valence-corrected chi connectivity index (χ3v) is 4.32. The lowest BCUT2D eigenvalue weighted by Crippen LogP contribution is -2.35. The lowest BCUT2D eigenvalue weighted by atomic mass is 10.2. The lowest BCUT2D eigenvalue weighted by Gasteiger charge is -2.23. The molecule has 0 aliphatic carbocycles. The molecule has 2 rings (SSSR count). The Morgan fingerprint density at radius 1 is 1.57 bits per heavy atom. The van der Waals surface area contributed by atoms with Gasteiger partial charge in [-0.25, -0.2) is 4.98 Å². The second-order valence-corrected chi connectivity index (χ2v) is 5.00. The van der Waals surface area contributed by atoms with Crippen molar-refractivity contribution in [3.63, 3.8) is 0 Å². The first kappa shape index (κ1) is 10.8. The molecule has 1 aromatic heterocycles. The van der Waals surface area contributed by atoms with Gasteiger partial charge in [0.25, 0.3) is 0 Å². The third-order valence-electron chi connectivity index (χ3n) is 2.10. The summed E-state index contributed by atoms with van der Waals surface area (Å²) in [4.78, 5) is 4.46. The molecular weight excluding hydrogens is 359 g/mol. The zero-order chi connectivity index (χ0) is 9.97. The van der Waals surface area contributed by atoms with E-state index in [9.17, 15) is 0 Å². The highest BCUT2D eigenvalue weighted by atomic mass is 127. The Kier molecular flexibility index (Phi) is 3.75. The molecule has 76 valence electrons. The van der Waals surface area contributed by atoms with Gasteiger partial charge in [0, 0.05) is 10.1 Å². The molecule has 1 aromatic rings. The Morgan fingerprint density at radius 2 is 2.43 bits per heavy atom. The number of rotatable bonds is 1. The monoisotopic (exact) mass is 368 g/mol. The molecule has 1 aliphatic heterocycles. The fourth-order valence-corrected chi connectivity index (χ4v) is 2.02. The van der Waals surface area contributed by atoms with E-state index >= 15 is 0 Å². The van der Waals surface area contributed by atoms with Gasteiger partial charge in [-0.3, -0.25) is 0 Å². The van der Waals surface area contributed by atoms with Crippen LogP contribution in [0.1, 0.15) is 11.7 Å². The van der Waals surface area contributed by atoms with Gasteiger partial charge in [0.2, 0.25) is 0 Å². The van der Waals surface area contributed by atoms with E-state index in [1.165, 1.54) is 0 Å². The fourth-order valence-electron chi connectivity index (χ4n) is 1.38. The molecular formula is C9H10BrIN2O. The molecule has 0 bridgehead atoms. The van der Waals surface area contributed by atoms with Gasteiger partial charge < -0.3 is 10.1 Å². The maximum atomic E-state index is 5.39. The van der Waals surface area contributed by atoms with Crippen LogP contribution in [0.15, 0.2) is 16.7 Å². The number of hydrogen-bond donors (Lipinski definition) is 1. The molecule has 1 saturated heterocycles. The zero-order valence-corrected chi connectivity index (χ0v) is 11.2. The van der Waals surface area contributed by atoms with Crippen LogP contribution in [0.5, 0.6) is 0 Å². The molecule has 0 radical (unpaired) electrons. The van der Waals surface area contributed by atoms with Crippen molar-refractivity contribution >= 4 is 38.5 Å².